The first-order chi connectivity index (χ1) is 19.5. The Balaban J connectivity index is 1.97. The highest BCUT2D eigenvalue weighted by Gasteiger charge is 2.34. The zero-order chi connectivity index (χ0) is 30.0. The number of carbonyl (C=O) groups excluding carboxylic acids is 1. The lowest BCUT2D eigenvalue weighted by Crippen LogP contribution is -2.40. The molecule has 41 heavy (non-hydrogen) atoms. The van der Waals surface area contributed by atoms with Gasteiger partial charge in [0.1, 0.15) is 5.75 Å². The Bertz CT molecular complexity index is 1660. The quantitative estimate of drug-likeness (QED) is 0.226. The van der Waals surface area contributed by atoms with Gasteiger partial charge in [-0.1, -0.05) is 11.3 Å². The molecule has 0 N–H and O–H groups in total. The molecule has 1 aromatic heterocycles. The van der Waals surface area contributed by atoms with E-state index in [0.29, 0.717) is 37.8 Å². The third-order valence-corrected chi connectivity index (χ3v) is 8.78. The molecule has 9 nitrogen and oxygen atoms in total. The van der Waals surface area contributed by atoms with Crippen molar-refractivity contribution in [2.75, 3.05) is 27.9 Å². The Morgan fingerprint density at radius 2 is 1.66 bits per heavy atom. The number of allylic oxidation sites excluding steroid dienone is 1. The maximum atomic E-state index is 14.0. The molecule has 2 aromatic carbocycles. The van der Waals surface area contributed by atoms with Gasteiger partial charge in [-0.15, -0.1) is 0 Å². The summed E-state index contributed by atoms with van der Waals surface area (Å²) in [5, 5.41) is 0. The zero-order valence-electron chi connectivity index (χ0n) is 23.7. The normalized spacial score (nSPS) is 15.0. The van der Waals surface area contributed by atoms with Gasteiger partial charge in [-0.3, -0.25) is 9.36 Å². The molecule has 0 saturated carbocycles. The highest BCUT2D eigenvalue weighted by Crippen LogP contribution is 2.42. The van der Waals surface area contributed by atoms with Crippen molar-refractivity contribution >= 4 is 68.6 Å². The molecule has 0 spiro atoms. The molecule has 0 unspecified atom stereocenters. The Labute approximate surface area is 269 Å². The van der Waals surface area contributed by atoms with Crippen molar-refractivity contribution in [3.8, 4) is 23.0 Å². The Morgan fingerprint density at radius 1 is 1.05 bits per heavy atom. The van der Waals surface area contributed by atoms with Crippen molar-refractivity contribution in [1.82, 2.24) is 4.57 Å². The third-order valence-electron chi connectivity index (χ3n) is 6.19. The van der Waals surface area contributed by atoms with E-state index < -0.39 is 12.0 Å². The number of nitrogens with zero attached hydrogens (tertiary/aromatic N) is 2. The number of hydrogen-bond donors (Lipinski definition) is 0. The second kappa shape index (κ2) is 13.2. The van der Waals surface area contributed by atoms with E-state index >= 15 is 0 Å². The monoisotopic (exact) mass is 804 g/mol. The number of thiazole rings is 1. The number of halogens is 2. The van der Waals surface area contributed by atoms with Gasteiger partial charge < -0.3 is 23.7 Å². The van der Waals surface area contributed by atoms with E-state index in [0.717, 1.165) is 18.5 Å². The van der Waals surface area contributed by atoms with E-state index in [9.17, 15) is 9.59 Å². The van der Waals surface area contributed by atoms with E-state index in [1.165, 1.54) is 37.2 Å². The molecule has 1 aliphatic heterocycles. The molecular formula is C29H30I2N2O7S. The highest BCUT2D eigenvalue weighted by atomic mass is 127. The van der Waals surface area contributed by atoms with Crippen LogP contribution in [0.3, 0.4) is 0 Å². The summed E-state index contributed by atoms with van der Waals surface area (Å²) in [6, 6.07) is 6.59. The molecule has 3 aromatic rings. The molecule has 2 heterocycles. The highest BCUT2D eigenvalue weighted by molar-refractivity contribution is 14.1. The SMILES string of the molecule is CCOC(=O)C1=C(C)N=c2s/c(=C\c3cc(I)c(OC(C)C)c(I)c3)c(=O)n2[C@@H]1c1cc(OC)c(OC)c(OC)c1. The first kappa shape index (κ1) is 31.3. The number of fused-ring (bicyclic) bond motifs is 1. The van der Waals surface area contributed by atoms with Gasteiger partial charge in [0.15, 0.2) is 16.3 Å². The third kappa shape index (κ3) is 6.28. The molecular weight excluding hydrogens is 774 g/mol. The number of benzene rings is 2. The first-order valence-electron chi connectivity index (χ1n) is 12.7. The van der Waals surface area contributed by atoms with E-state index in [2.05, 4.69) is 50.2 Å². The van der Waals surface area contributed by atoms with Gasteiger partial charge in [0.05, 0.1) is 63.0 Å². The predicted molar refractivity (Wildman–Crippen MR) is 174 cm³/mol. The Morgan fingerprint density at radius 3 is 2.17 bits per heavy atom. The molecule has 0 radical (unpaired) electrons. The number of carbonyl (C=O) groups is 1. The Kier molecular flexibility index (Phi) is 10.1. The lowest BCUT2D eigenvalue weighted by atomic mass is 9.95. The van der Waals surface area contributed by atoms with Crippen LogP contribution < -0.4 is 33.8 Å². The molecule has 4 rings (SSSR count). The molecule has 1 atom stereocenters. The van der Waals surface area contributed by atoms with Crippen LogP contribution in [0.1, 0.15) is 44.9 Å². The van der Waals surface area contributed by atoms with Crippen molar-refractivity contribution in [2.24, 2.45) is 4.99 Å². The van der Waals surface area contributed by atoms with Gasteiger partial charge in [0.25, 0.3) is 5.56 Å². The molecule has 0 aliphatic carbocycles. The summed E-state index contributed by atoms with van der Waals surface area (Å²) in [6.07, 6.45) is 1.88. The van der Waals surface area contributed by atoms with Crippen LogP contribution >= 0.6 is 56.5 Å². The molecule has 218 valence electrons. The van der Waals surface area contributed by atoms with Gasteiger partial charge in [-0.2, -0.15) is 0 Å². The summed E-state index contributed by atoms with van der Waals surface area (Å²) < 4.78 is 31.9. The molecule has 0 saturated heterocycles. The van der Waals surface area contributed by atoms with Crippen molar-refractivity contribution in [3.05, 3.63) is 73.5 Å². The number of aromatic nitrogens is 1. The lowest BCUT2D eigenvalue weighted by Gasteiger charge is -2.26. The summed E-state index contributed by atoms with van der Waals surface area (Å²) in [4.78, 5) is 32.4. The van der Waals surface area contributed by atoms with Gasteiger partial charge in [-0.05, 0) is 114 Å². The largest absolute Gasteiger partial charge is 0.493 e. The fraction of sp³-hybridized carbons (Fsp3) is 0.345. The summed E-state index contributed by atoms with van der Waals surface area (Å²) in [7, 11) is 4.54. The van der Waals surface area contributed by atoms with Crippen LogP contribution in [0.5, 0.6) is 23.0 Å². The van der Waals surface area contributed by atoms with Crippen LogP contribution in [0.25, 0.3) is 6.08 Å². The molecule has 0 amide bonds. The smallest absolute Gasteiger partial charge is 0.338 e. The average molecular weight is 804 g/mol. The first-order valence-corrected chi connectivity index (χ1v) is 15.7. The van der Waals surface area contributed by atoms with Crippen molar-refractivity contribution in [1.29, 1.82) is 0 Å². The van der Waals surface area contributed by atoms with Crippen LogP contribution in [0.15, 0.2) is 45.3 Å². The number of ether oxygens (including phenoxy) is 5. The summed E-state index contributed by atoms with van der Waals surface area (Å²) in [6.45, 7) is 7.62. The predicted octanol–water partition coefficient (Wildman–Crippen LogP) is 4.82. The number of methoxy groups -OCH3 is 3. The maximum Gasteiger partial charge on any atom is 0.338 e. The van der Waals surface area contributed by atoms with Crippen LogP contribution in [0.2, 0.25) is 0 Å². The average Bonchev–Trinajstić information content (AvgIpc) is 3.22. The minimum Gasteiger partial charge on any atom is -0.493 e. The fourth-order valence-corrected chi connectivity index (χ4v) is 7.65. The van der Waals surface area contributed by atoms with Crippen molar-refractivity contribution in [3.63, 3.8) is 0 Å². The second-order valence-corrected chi connectivity index (χ2v) is 12.6. The summed E-state index contributed by atoms with van der Waals surface area (Å²) >= 11 is 5.74. The maximum absolute atomic E-state index is 14.0. The second-order valence-electron chi connectivity index (χ2n) is 9.24. The van der Waals surface area contributed by atoms with E-state index in [1.807, 2.05) is 32.1 Å². The van der Waals surface area contributed by atoms with Crippen LogP contribution in [0, 0.1) is 7.14 Å². The summed E-state index contributed by atoms with van der Waals surface area (Å²) in [5.74, 6) is 1.46. The van der Waals surface area contributed by atoms with Gasteiger partial charge in [0.2, 0.25) is 5.75 Å². The van der Waals surface area contributed by atoms with Gasteiger partial charge >= 0.3 is 5.97 Å². The molecule has 0 fully saturated rings. The number of esters is 1. The van der Waals surface area contributed by atoms with Crippen LogP contribution in [-0.2, 0) is 9.53 Å². The lowest BCUT2D eigenvalue weighted by molar-refractivity contribution is -0.139. The zero-order valence-corrected chi connectivity index (χ0v) is 28.8. The Hall–Kier alpha value is -2.59. The van der Waals surface area contributed by atoms with Crippen molar-refractivity contribution in [2.45, 2.75) is 39.8 Å². The number of rotatable bonds is 9. The fourth-order valence-electron chi connectivity index (χ4n) is 4.53. The standard InChI is InChI=1S/C29H30I2N2O7S/c1-8-39-28(35)23-15(4)32-29-33(24(23)17-12-20(36-5)26(38-7)21(13-17)37-6)27(34)22(41-29)11-16-9-18(30)25(19(31)10-16)40-14(2)3/h9-14,24H,8H2,1-7H3/b22-11-/t24-/m1/s1. The number of hydrogen-bond acceptors (Lipinski definition) is 9. The van der Waals surface area contributed by atoms with E-state index in [1.54, 1.807) is 26.0 Å². The van der Waals surface area contributed by atoms with Gasteiger partial charge in [-0.25, -0.2) is 9.79 Å². The van der Waals surface area contributed by atoms with Crippen molar-refractivity contribution < 1.29 is 28.5 Å². The van der Waals surface area contributed by atoms with Crippen LogP contribution in [0.4, 0.5) is 0 Å². The minimum atomic E-state index is -0.830. The summed E-state index contributed by atoms with van der Waals surface area (Å²) in [5.41, 5.74) is 1.89. The molecule has 1 aliphatic rings. The van der Waals surface area contributed by atoms with Crippen LogP contribution in [-0.4, -0.2) is 44.6 Å². The van der Waals surface area contributed by atoms with E-state index in [4.69, 9.17) is 23.7 Å². The minimum absolute atomic E-state index is 0.0404. The molecule has 0 bridgehead atoms. The van der Waals surface area contributed by atoms with Gasteiger partial charge in [0, 0.05) is 0 Å². The van der Waals surface area contributed by atoms with E-state index in [-0.39, 0.29) is 23.8 Å². The molecule has 12 heteroatoms. The topological polar surface area (TPSA) is 97.6 Å².